The molecule has 9 nitrogen and oxygen atoms in total. The zero-order valence-corrected chi connectivity index (χ0v) is 24.3. The summed E-state index contributed by atoms with van der Waals surface area (Å²) in [5, 5.41) is 20.5. The number of carboxylic acid groups (broad SMARTS) is 1. The molecule has 1 amide bonds. The third-order valence-corrected chi connectivity index (χ3v) is 7.02. The van der Waals surface area contributed by atoms with Crippen molar-refractivity contribution in [3.63, 3.8) is 0 Å². The van der Waals surface area contributed by atoms with Crippen LogP contribution in [-0.4, -0.2) is 90.4 Å². The molecule has 10 heteroatoms. The van der Waals surface area contributed by atoms with Gasteiger partial charge in [-0.15, -0.1) is 0 Å². The largest absolute Gasteiger partial charge is 0.494 e. The van der Waals surface area contributed by atoms with Gasteiger partial charge in [0, 0.05) is 43.2 Å². The first kappa shape index (κ1) is 30.4. The summed E-state index contributed by atoms with van der Waals surface area (Å²) in [7, 11) is 7.64. The molecule has 0 atom stereocenters. The smallest absolute Gasteiger partial charge is 0.303 e. The molecule has 0 bridgehead atoms. The summed E-state index contributed by atoms with van der Waals surface area (Å²) < 4.78 is 13.9. The molecule has 0 unspecified atom stereocenters. The fourth-order valence-corrected chi connectivity index (χ4v) is 4.55. The fourth-order valence-electron chi connectivity index (χ4n) is 4.55. The van der Waals surface area contributed by atoms with Gasteiger partial charge in [-0.1, -0.05) is 24.3 Å². The lowest BCUT2D eigenvalue weighted by Gasteiger charge is -2.23. The van der Waals surface area contributed by atoms with E-state index >= 15 is 0 Å². The molecule has 4 aromatic rings. The predicted molar refractivity (Wildman–Crippen MR) is 164 cm³/mol. The van der Waals surface area contributed by atoms with Crippen LogP contribution >= 0.6 is 0 Å². The van der Waals surface area contributed by atoms with Crippen LogP contribution in [0, 0.1) is 5.82 Å². The number of hydrogen-bond acceptors (Lipinski definition) is 6. The normalized spacial score (nSPS) is 11.9. The maximum atomic E-state index is 13.9. The van der Waals surface area contributed by atoms with E-state index in [9.17, 15) is 19.1 Å². The van der Waals surface area contributed by atoms with E-state index in [0.29, 0.717) is 39.8 Å². The molecule has 0 fully saturated rings. The number of likely N-dealkylation sites (N-methyl/N-ethyl adjacent to an activating group) is 3. The first-order chi connectivity index (χ1) is 20.0. The van der Waals surface area contributed by atoms with Crippen molar-refractivity contribution in [1.29, 1.82) is 0 Å². The molecule has 0 aliphatic heterocycles. The Balaban J connectivity index is 1.65. The summed E-state index contributed by atoms with van der Waals surface area (Å²) in [4.78, 5) is 37.2. The number of H-pyrrole nitrogens is 1. The molecule has 0 aliphatic rings. The Bertz CT molecular complexity index is 1580. The second-order valence-electron chi connectivity index (χ2n) is 10.6. The summed E-state index contributed by atoms with van der Waals surface area (Å²) in [5.41, 5.74) is 4.15. The van der Waals surface area contributed by atoms with E-state index in [1.54, 1.807) is 30.1 Å². The van der Waals surface area contributed by atoms with Gasteiger partial charge < -0.3 is 25.0 Å². The average molecular weight is 574 g/mol. The number of halogens is 1. The molecule has 0 aliphatic carbocycles. The molecule has 1 heterocycles. The summed E-state index contributed by atoms with van der Waals surface area (Å²) in [5.74, 6) is -1.49. The van der Waals surface area contributed by atoms with Crippen LogP contribution < -0.4 is 4.90 Å². The van der Waals surface area contributed by atoms with E-state index in [1.165, 1.54) is 12.1 Å². The number of aromatic nitrogens is 1. The molecule has 4 rings (SSSR count). The zero-order chi connectivity index (χ0) is 30.4. The van der Waals surface area contributed by atoms with Crippen LogP contribution in [0.25, 0.3) is 10.9 Å². The monoisotopic (exact) mass is 573 g/mol. The number of nitrogens with one attached hydrogen (secondary N) is 1. The van der Waals surface area contributed by atoms with Crippen molar-refractivity contribution in [2.45, 2.75) is 12.8 Å². The highest BCUT2D eigenvalue weighted by Gasteiger charge is 2.20. The summed E-state index contributed by atoms with van der Waals surface area (Å²) in [6, 6.07) is 18.8. The Hall–Kier alpha value is -4.54. The summed E-state index contributed by atoms with van der Waals surface area (Å²) in [6.07, 6.45) is 0.406. The number of carboxylic acids is 1. The Morgan fingerprint density at radius 1 is 0.929 bits per heavy atom. The molecule has 0 spiro atoms. The summed E-state index contributed by atoms with van der Waals surface area (Å²) >= 11 is 0. The molecule has 0 saturated heterocycles. The Kier molecular flexibility index (Phi) is 9.72. The van der Waals surface area contributed by atoms with Crippen LogP contribution in [0.1, 0.15) is 23.1 Å². The predicted octanol–water partition coefficient (Wildman–Crippen LogP) is 4.66. The van der Waals surface area contributed by atoms with E-state index in [0.717, 1.165) is 24.3 Å². The Morgan fingerprint density at radius 2 is 1.62 bits per heavy atom. The van der Waals surface area contributed by atoms with Crippen LogP contribution in [0.5, 0.6) is 5.88 Å². The number of aromatic amines is 1. The molecular weight excluding hydrogens is 537 g/mol. The van der Waals surface area contributed by atoms with Crippen LogP contribution in [0.2, 0.25) is 0 Å². The second-order valence-corrected chi connectivity index (χ2v) is 10.6. The molecule has 0 radical (unpaired) electrons. The number of aliphatic carboxylic acids is 1. The van der Waals surface area contributed by atoms with Crippen molar-refractivity contribution in [2.24, 2.45) is 4.99 Å². The first-order valence-corrected chi connectivity index (χ1v) is 13.6. The fraction of sp³-hybridized carbons (Fsp3) is 0.281. The molecule has 220 valence electrons. The maximum absolute atomic E-state index is 13.9. The van der Waals surface area contributed by atoms with Crippen molar-refractivity contribution in [3.05, 3.63) is 89.2 Å². The third kappa shape index (κ3) is 7.59. The van der Waals surface area contributed by atoms with Gasteiger partial charge in [0.25, 0.3) is 0 Å². The SMILES string of the molecule is CN(C)CCN(C)CC(=O)N(C)c1ccc(N=C(c2ccc(CCC(=O)O)cc2)c2c(O)[nH]c3cc(F)ccc23)cc1. The van der Waals surface area contributed by atoms with Gasteiger partial charge in [0.15, 0.2) is 5.88 Å². The van der Waals surface area contributed by atoms with Crippen molar-refractivity contribution >= 4 is 39.9 Å². The average Bonchev–Trinajstić information content (AvgIpc) is 3.28. The molecule has 3 N–H and O–H groups in total. The van der Waals surface area contributed by atoms with Gasteiger partial charge in [-0.25, -0.2) is 9.38 Å². The molecule has 42 heavy (non-hydrogen) atoms. The maximum Gasteiger partial charge on any atom is 0.303 e. The van der Waals surface area contributed by atoms with Gasteiger partial charge >= 0.3 is 5.97 Å². The van der Waals surface area contributed by atoms with E-state index < -0.39 is 11.8 Å². The van der Waals surface area contributed by atoms with Gasteiger partial charge in [-0.2, -0.15) is 0 Å². The quantitative estimate of drug-likeness (QED) is 0.213. The lowest BCUT2D eigenvalue weighted by atomic mass is 9.98. The Morgan fingerprint density at radius 3 is 2.26 bits per heavy atom. The van der Waals surface area contributed by atoms with Crippen molar-refractivity contribution in [3.8, 4) is 5.88 Å². The number of hydrogen-bond donors (Lipinski definition) is 3. The van der Waals surface area contributed by atoms with Crippen molar-refractivity contribution in [2.75, 3.05) is 52.7 Å². The number of carbonyl (C=O) groups is 2. The minimum absolute atomic E-state index is 0.0186. The topological polar surface area (TPSA) is 112 Å². The first-order valence-electron chi connectivity index (χ1n) is 13.6. The van der Waals surface area contributed by atoms with Gasteiger partial charge in [0.1, 0.15) is 5.82 Å². The van der Waals surface area contributed by atoms with Crippen LogP contribution in [-0.2, 0) is 16.0 Å². The number of aryl methyl sites for hydroxylation is 1. The molecule has 0 saturated carbocycles. The molecule has 1 aromatic heterocycles. The number of fused-ring (bicyclic) bond motifs is 1. The lowest BCUT2D eigenvalue weighted by Crippen LogP contribution is -2.39. The zero-order valence-electron chi connectivity index (χ0n) is 24.3. The number of aromatic hydroxyl groups is 1. The van der Waals surface area contributed by atoms with Gasteiger partial charge in [0.05, 0.1) is 29.0 Å². The minimum Gasteiger partial charge on any atom is -0.494 e. The van der Waals surface area contributed by atoms with Gasteiger partial charge in [-0.3, -0.25) is 14.5 Å². The second kappa shape index (κ2) is 13.4. The third-order valence-electron chi connectivity index (χ3n) is 7.02. The van der Waals surface area contributed by atoms with Gasteiger partial charge in [0.2, 0.25) is 5.91 Å². The van der Waals surface area contributed by atoms with E-state index in [4.69, 9.17) is 10.1 Å². The van der Waals surface area contributed by atoms with E-state index in [-0.39, 0.29) is 24.8 Å². The van der Waals surface area contributed by atoms with Crippen LogP contribution in [0.3, 0.4) is 0 Å². The lowest BCUT2D eigenvalue weighted by molar-refractivity contribution is -0.137. The van der Waals surface area contributed by atoms with E-state index in [1.807, 2.05) is 62.4 Å². The number of nitrogens with zero attached hydrogens (tertiary/aromatic N) is 4. The number of anilines is 1. The van der Waals surface area contributed by atoms with Gasteiger partial charge in [-0.05, 0) is 75.6 Å². The highest BCUT2D eigenvalue weighted by atomic mass is 19.1. The van der Waals surface area contributed by atoms with Crippen LogP contribution in [0.15, 0.2) is 71.7 Å². The summed E-state index contributed by atoms with van der Waals surface area (Å²) in [6.45, 7) is 1.92. The number of rotatable bonds is 12. The molecular formula is C32H36FN5O4. The van der Waals surface area contributed by atoms with Crippen LogP contribution in [0.4, 0.5) is 15.8 Å². The Labute approximate surface area is 244 Å². The van der Waals surface area contributed by atoms with Crippen molar-refractivity contribution in [1.82, 2.24) is 14.8 Å². The highest BCUT2D eigenvalue weighted by Crippen LogP contribution is 2.32. The standard InChI is InChI=1S/C32H36FN5O4/c1-36(2)17-18-37(3)20-28(39)38(4)25-13-11-24(12-14-25)34-31(22-8-5-21(6-9-22)7-16-29(40)41)30-26-15-10-23(33)19-27(26)35-32(30)42/h5-6,8-15,19,35,42H,7,16-18,20H2,1-4H3,(H,40,41). The number of benzene rings is 3. The minimum atomic E-state index is -0.871. The number of carbonyl (C=O) groups excluding carboxylic acids is 1. The van der Waals surface area contributed by atoms with E-state index in [2.05, 4.69) is 9.88 Å². The number of amides is 1. The number of aliphatic imine (C=N–C) groups is 1. The highest BCUT2D eigenvalue weighted by molar-refractivity contribution is 6.21. The van der Waals surface area contributed by atoms with Crippen molar-refractivity contribution < 1.29 is 24.2 Å². The molecule has 3 aromatic carbocycles.